The first-order valence-corrected chi connectivity index (χ1v) is 7.73. The van der Waals surface area contributed by atoms with E-state index in [1.807, 2.05) is 6.92 Å². The lowest BCUT2D eigenvalue weighted by atomic mass is 10.0. The summed E-state index contributed by atoms with van der Waals surface area (Å²) in [5, 5.41) is 13.6. The number of hydrogen-bond donors (Lipinski definition) is 2. The SMILES string of the molecule is C[C@@](O)(CNC(=O)CSC1CCCC1)C1CC1. The van der Waals surface area contributed by atoms with Gasteiger partial charge in [-0.1, -0.05) is 12.8 Å². The predicted molar refractivity (Wildman–Crippen MR) is 71.1 cm³/mol. The highest BCUT2D eigenvalue weighted by atomic mass is 32.2. The second-order valence-electron chi connectivity index (χ2n) is 5.63. The van der Waals surface area contributed by atoms with Gasteiger partial charge in [-0.3, -0.25) is 4.79 Å². The maximum atomic E-state index is 11.6. The van der Waals surface area contributed by atoms with Crippen molar-refractivity contribution in [3.8, 4) is 0 Å². The zero-order valence-corrected chi connectivity index (χ0v) is 11.4. The zero-order valence-electron chi connectivity index (χ0n) is 10.6. The van der Waals surface area contributed by atoms with Crippen LogP contribution in [0, 0.1) is 5.92 Å². The van der Waals surface area contributed by atoms with Gasteiger partial charge in [0.2, 0.25) is 5.91 Å². The Morgan fingerprint density at radius 3 is 2.59 bits per heavy atom. The van der Waals surface area contributed by atoms with Crippen molar-refractivity contribution in [3.63, 3.8) is 0 Å². The van der Waals surface area contributed by atoms with E-state index in [4.69, 9.17) is 0 Å². The lowest BCUT2D eigenvalue weighted by molar-refractivity contribution is -0.119. The highest BCUT2D eigenvalue weighted by Gasteiger charge is 2.39. The van der Waals surface area contributed by atoms with Crippen LogP contribution in [-0.2, 0) is 4.79 Å². The number of amides is 1. The number of nitrogens with one attached hydrogen (secondary N) is 1. The summed E-state index contributed by atoms with van der Waals surface area (Å²) in [6, 6.07) is 0. The molecule has 0 radical (unpaired) electrons. The Hall–Kier alpha value is -0.220. The topological polar surface area (TPSA) is 49.3 Å². The maximum absolute atomic E-state index is 11.6. The molecule has 2 rings (SSSR count). The minimum Gasteiger partial charge on any atom is -0.388 e. The third-order valence-corrected chi connectivity index (χ3v) is 5.22. The van der Waals surface area contributed by atoms with Crippen LogP contribution in [0.5, 0.6) is 0 Å². The van der Waals surface area contributed by atoms with Gasteiger partial charge in [0.15, 0.2) is 0 Å². The lowest BCUT2D eigenvalue weighted by Crippen LogP contribution is -2.42. The van der Waals surface area contributed by atoms with E-state index in [9.17, 15) is 9.90 Å². The molecule has 4 heteroatoms. The minimum atomic E-state index is -0.701. The summed E-state index contributed by atoms with van der Waals surface area (Å²) in [6.07, 6.45) is 7.35. The number of carbonyl (C=O) groups excluding carboxylic acids is 1. The van der Waals surface area contributed by atoms with Crippen molar-refractivity contribution in [2.75, 3.05) is 12.3 Å². The van der Waals surface area contributed by atoms with E-state index in [1.165, 1.54) is 25.7 Å². The first-order valence-electron chi connectivity index (χ1n) is 6.68. The number of aliphatic hydroxyl groups is 1. The van der Waals surface area contributed by atoms with Crippen molar-refractivity contribution in [1.82, 2.24) is 5.32 Å². The number of rotatable bonds is 6. The maximum Gasteiger partial charge on any atom is 0.230 e. The molecule has 2 saturated carbocycles. The summed E-state index contributed by atoms with van der Waals surface area (Å²) >= 11 is 1.77. The second-order valence-corrected chi connectivity index (χ2v) is 6.91. The highest BCUT2D eigenvalue weighted by Crippen LogP contribution is 2.39. The molecule has 2 aliphatic rings. The number of carbonyl (C=O) groups is 1. The van der Waals surface area contributed by atoms with Gasteiger partial charge in [0, 0.05) is 11.8 Å². The van der Waals surface area contributed by atoms with E-state index in [0.717, 1.165) is 12.8 Å². The minimum absolute atomic E-state index is 0.0721. The van der Waals surface area contributed by atoms with Gasteiger partial charge < -0.3 is 10.4 Å². The van der Waals surface area contributed by atoms with Gasteiger partial charge in [0.1, 0.15) is 0 Å². The Labute approximate surface area is 108 Å². The van der Waals surface area contributed by atoms with Crippen LogP contribution < -0.4 is 5.32 Å². The van der Waals surface area contributed by atoms with E-state index >= 15 is 0 Å². The number of hydrogen-bond acceptors (Lipinski definition) is 3. The van der Waals surface area contributed by atoms with Gasteiger partial charge in [-0.15, -0.1) is 11.8 Å². The molecular weight excluding hydrogens is 234 g/mol. The van der Waals surface area contributed by atoms with Crippen molar-refractivity contribution >= 4 is 17.7 Å². The molecule has 2 fully saturated rings. The van der Waals surface area contributed by atoms with Crippen molar-refractivity contribution < 1.29 is 9.90 Å². The van der Waals surface area contributed by atoms with Crippen LogP contribution in [0.4, 0.5) is 0 Å². The smallest absolute Gasteiger partial charge is 0.230 e. The fourth-order valence-corrected chi connectivity index (χ4v) is 3.58. The van der Waals surface area contributed by atoms with Crippen molar-refractivity contribution in [2.45, 2.75) is 56.3 Å². The Morgan fingerprint density at radius 1 is 1.35 bits per heavy atom. The van der Waals surface area contributed by atoms with Gasteiger partial charge in [0.05, 0.1) is 11.4 Å². The highest BCUT2D eigenvalue weighted by molar-refractivity contribution is 8.00. The molecule has 0 unspecified atom stereocenters. The summed E-state index contributed by atoms with van der Waals surface area (Å²) in [6.45, 7) is 2.23. The average Bonchev–Trinajstić information content (AvgIpc) is 3.03. The van der Waals surface area contributed by atoms with Crippen LogP contribution in [-0.4, -0.2) is 34.2 Å². The summed E-state index contributed by atoms with van der Waals surface area (Å²) in [5.41, 5.74) is -0.701. The lowest BCUT2D eigenvalue weighted by Gasteiger charge is -2.23. The predicted octanol–water partition coefficient (Wildman–Crippen LogP) is 1.94. The van der Waals surface area contributed by atoms with E-state index in [0.29, 0.717) is 23.5 Å². The van der Waals surface area contributed by atoms with Gasteiger partial charge in [0.25, 0.3) is 0 Å². The Kier molecular flexibility index (Phi) is 4.36. The van der Waals surface area contributed by atoms with Crippen LogP contribution in [0.25, 0.3) is 0 Å². The first kappa shape index (κ1) is 13.2. The largest absolute Gasteiger partial charge is 0.388 e. The van der Waals surface area contributed by atoms with Gasteiger partial charge in [-0.2, -0.15) is 0 Å². The molecule has 0 bridgehead atoms. The van der Waals surface area contributed by atoms with E-state index < -0.39 is 5.60 Å². The van der Waals surface area contributed by atoms with Gasteiger partial charge in [-0.05, 0) is 38.5 Å². The van der Waals surface area contributed by atoms with Crippen LogP contribution in [0.1, 0.15) is 45.4 Å². The molecule has 0 aliphatic heterocycles. The molecular formula is C13H23NO2S. The molecule has 2 aliphatic carbocycles. The third kappa shape index (κ3) is 4.18. The summed E-state index contributed by atoms with van der Waals surface area (Å²) in [4.78, 5) is 11.6. The second kappa shape index (κ2) is 5.61. The third-order valence-electron chi connectivity index (χ3n) is 3.85. The molecule has 3 nitrogen and oxygen atoms in total. The van der Waals surface area contributed by atoms with Crippen molar-refractivity contribution in [1.29, 1.82) is 0 Å². The fraction of sp³-hybridized carbons (Fsp3) is 0.923. The molecule has 17 heavy (non-hydrogen) atoms. The quantitative estimate of drug-likeness (QED) is 0.764. The Balaban J connectivity index is 1.60. The standard InChI is InChI=1S/C13H23NO2S/c1-13(16,10-6-7-10)9-14-12(15)8-17-11-4-2-3-5-11/h10-11,16H,2-9H2,1H3,(H,14,15)/t13-/m1/s1. The molecule has 0 aromatic carbocycles. The molecule has 0 aromatic heterocycles. The Morgan fingerprint density at radius 2 is 2.00 bits per heavy atom. The fourth-order valence-electron chi connectivity index (χ4n) is 2.43. The molecule has 0 saturated heterocycles. The molecule has 0 aromatic rings. The van der Waals surface area contributed by atoms with E-state index in [2.05, 4.69) is 5.32 Å². The molecule has 1 amide bonds. The summed E-state index contributed by atoms with van der Waals surface area (Å²) < 4.78 is 0. The Bertz CT molecular complexity index is 271. The van der Waals surface area contributed by atoms with Crippen molar-refractivity contribution in [3.05, 3.63) is 0 Å². The summed E-state index contributed by atoms with van der Waals surface area (Å²) in [5.74, 6) is 1.01. The van der Waals surface area contributed by atoms with Crippen LogP contribution in [0.3, 0.4) is 0 Å². The molecule has 1 atom stereocenters. The molecule has 0 spiro atoms. The van der Waals surface area contributed by atoms with Crippen LogP contribution >= 0.6 is 11.8 Å². The summed E-state index contributed by atoms with van der Waals surface area (Å²) in [7, 11) is 0. The van der Waals surface area contributed by atoms with Crippen LogP contribution in [0.15, 0.2) is 0 Å². The van der Waals surface area contributed by atoms with Gasteiger partial charge >= 0.3 is 0 Å². The van der Waals surface area contributed by atoms with E-state index in [-0.39, 0.29) is 5.91 Å². The normalized spacial score (nSPS) is 24.6. The average molecular weight is 257 g/mol. The molecule has 0 heterocycles. The number of thioether (sulfide) groups is 1. The molecule has 98 valence electrons. The van der Waals surface area contributed by atoms with Gasteiger partial charge in [-0.25, -0.2) is 0 Å². The first-order chi connectivity index (χ1) is 8.08. The monoisotopic (exact) mass is 257 g/mol. The zero-order chi connectivity index (χ0) is 12.3. The van der Waals surface area contributed by atoms with Crippen molar-refractivity contribution in [2.24, 2.45) is 5.92 Å². The van der Waals surface area contributed by atoms with Crippen LogP contribution in [0.2, 0.25) is 0 Å². The van der Waals surface area contributed by atoms with E-state index in [1.54, 1.807) is 11.8 Å². The molecule has 2 N–H and O–H groups in total.